The lowest BCUT2D eigenvalue weighted by molar-refractivity contribution is -0.145. The minimum absolute atomic E-state index is 0.118. The number of benzene rings is 2. The Bertz CT molecular complexity index is 874. The van der Waals surface area contributed by atoms with Gasteiger partial charge in [-0.15, -0.1) is 0 Å². The maximum absolute atomic E-state index is 12.9. The van der Waals surface area contributed by atoms with Gasteiger partial charge in [-0.3, -0.25) is 9.59 Å². The lowest BCUT2D eigenvalue weighted by Crippen LogP contribution is -2.53. The molecule has 0 saturated heterocycles. The zero-order valence-electron chi connectivity index (χ0n) is 16.1. The Kier molecular flexibility index (Phi) is 8.49. The van der Waals surface area contributed by atoms with E-state index in [4.69, 9.17) is 27.9 Å². The highest BCUT2D eigenvalue weighted by Gasteiger charge is 2.27. The van der Waals surface area contributed by atoms with Crippen LogP contribution in [0.3, 0.4) is 0 Å². The second-order valence-electron chi connectivity index (χ2n) is 6.47. The zero-order valence-corrected chi connectivity index (χ0v) is 17.6. The summed E-state index contributed by atoms with van der Waals surface area (Å²) in [7, 11) is 1.24. The molecule has 2 amide bonds. The number of halogens is 2. The molecule has 0 fully saturated rings. The molecule has 0 saturated carbocycles. The molecule has 2 N–H and O–H groups in total. The maximum Gasteiger partial charge on any atom is 0.328 e. The van der Waals surface area contributed by atoms with E-state index in [1.165, 1.54) is 14.0 Å². The van der Waals surface area contributed by atoms with E-state index in [0.29, 0.717) is 15.6 Å². The van der Waals surface area contributed by atoms with E-state index in [1.54, 1.807) is 18.2 Å². The number of methoxy groups -OCH3 is 1. The number of carbonyl (C=O) groups is 3. The lowest BCUT2D eigenvalue weighted by Gasteiger charge is -2.22. The summed E-state index contributed by atoms with van der Waals surface area (Å²) in [6.07, 6.45) is 0.397. The van der Waals surface area contributed by atoms with E-state index < -0.39 is 24.0 Å². The molecule has 2 aromatic rings. The molecular formula is C21H22Cl2N2O4. The van der Waals surface area contributed by atoms with Gasteiger partial charge in [-0.1, -0.05) is 59.6 Å². The molecule has 8 heteroatoms. The second-order valence-corrected chi connectivity index (χ2v) is 7.31. The maximum atomic E-state index is 12.9. The van der Waals surface area contributed by atoms with Crippen molar-refractivity contribution in [2.75, 3.05) is 7.11 Å². The third kappa shape index (κ3) is 7.07. The fraction of sp³-hybridized carbons (Fsp3) is 0.286. The molecule has 0 spiro atoms. The van der Waals surface area contributed by atoms with E-state index in [9.17, 15) is 14.4 Å². The molecule has 0 unspecified atom stereocenters. The van der Waals surface area contributed by atoms with Gasteiger partial charge in [0.15, 0.2) is 0 Å². The van der Waals surface area contributed by atoms with Crippen molar-refractivity contribution < 1.29 is 19.1 Å². The summed E-state index contributed by atoms with van der Waals surface area (Å²) in [4.78, 5) is 36.7. The summed E-state index contributed by atoms with van der Waals surface area (Å²) in [6, 6.07) is 12.3. The molecular weight excluding hydrogens is 415 g/mol. The van der Waals surface area contributed by atoms with Crippen LogP contribution in [0.2, 0.25) is 10.0 Å². The van der Waals surface area contributed by atoms with Crippen molar-refractivity contribution in [2.45, 2.75) is 31.8 Å². The van der Waals surface area contributed by atoms with Crippen LogP contribution in [0.25, 0.3) is 0 Å². The Hall–Kier alpha value is -2.57. The highest BCUT2D eigenvalue weighted by Crippen LogP contribution is 2.22. The Morgan fingerprint density at radius 2 is 1.66 bits per heavy atom. The van der Waals surface area contributed by atoms with E-state index in [2.05, 4.69) is 10.6 Å². The van der Waals surface area contributed by atoms with Gasteiger partial charge in [0.1, 0.15) is 12.1 Å². The number of hydrogen-bond acceptors (Lipinski definition) is 4. The molecule has 154 valence electrons. The van der Waals surface area contributed by atoms with Crippen LogP contribution in [-0.2, 0) is 32.0 Å². The van der Waals surface area contributed by atoms with E-state index in [0.717, 1.165) is 5.56 Å². The number of ether oxygens (including phenoxy) is 1. The minimum Gasteiger partial charge on any atom is -0.467 e. The fourth-order valence-electron chi connectivity index (χ4n) is 2.82. The molecule has 2 aromatic carbocycles. The topological polar surface area (TPSA) is 84.5 Å². The molecule has 0 aliphatic rings. The first-order valence-electron chi connectivity index (χ1n) is 8.93. The molecule has 6 nitrogen and oxygen atoms in total. The van der Waals surface area contributed by atoms with Crippen molar-refractivity contribution in [1.82, 2.24) is 10.6 Å². The second kappa shape index (κ2) is 10.8. The van der Waals surface area contributed by atoms with Crippen molar-refractivity contribution in [2.24, 2.45) is 0 Å². The molecule has 0 aliphatic carbocycles. The summed E-state index contributed by atoms with van der Waals surface area (Å²) < 4.78 is 4.82. The van der Waals surface area contributed by atoms with Crippen LogP contribution < -0.4 is 10.6 Å². The van der Waals surface area contributed by atoms with E-state index in [1.807, 2.05) is 30.3 Å². The number of carbonyl (C=O) groups excluding carboxylic acids is 3. The summed E-state index contributed by atoms with van der Waals surface area (Å²) in [6.45, 7) is 1.33. The van der Waals surface area contributed by atoms with Crippen molar-refractivity contribution in [3.63, 3.8) is 0 Å². The van der Waals surface area contributed by atoms with Crippen molar-refractivity contribution in [1.29, 1.82) is 0 Å². The van der Waals surface area contributed by atoms with Gasteiger partial charge in [0.25, 0.3) is 0 Å². The molecule has 0 aliphatic heterocycles. The highest BCUT2D eigenvalue weighted by atomic mass is 35.5. The molecule has 29 heavy (non-hydrogen) atoms. The number of hydrogen-bond donors (Lipinski definition) is 2. The summed E-state index contributed by atoms with van der Waals surface area (Å²) in [5, 5.41) is 6.13. The van der Waals surface area contributed by atoms with Gasteiger partial charge in [-0.05, 0) is 23.3 Å². The summed E-state index contributed by atoms with van der Waals surface area (Å²) in [5.74, 6) is -1.47. The first-order valence-corrected chi connectivity index (χ1v) is 9.69. The van der Waals surface area contributed by atoms with Gasteiger partial charge in [0.2, 0.25) is 11.8 Å². The van der Waals surface area contributed by atoms with Gasteiger partial charge >= 0.3 is 5.97 Å². The lowest BCUT2D eigenvalue weighted by atomic mass is 10.0. The largest absolute Gasteiger partial charge is 0.467 e. The van der Waals surface area contributed by atoms with Crippen LogP contribution in [-0.4, -0.2) is 37.0 Å². The minimum atomic E-state index is -0.974. The van der Waals surface area contributed by atoms with Crippen LogP contribution in [0.4, 0.5) is 0 Å². The Morgan fingerprint density at radius 3 is 2.24 bits per heavy atom. The fourth-order valence-corrected chi connectivity index (χ4v) is 3.31. The standard InChI is InChI=1S/C21H22Cl2N2O4/c1-13(26)24-18(10-14-6-4-3-5-7-14)20(27)25-19(21(28)29-2)11-15-8-9-16(22)12-17(15)23/h3-9,12,18-19H,10-11H2,1-2H3,(H,24,26)(H,25,27)/t18-,19+/m1/s1. The van der Waals surface area contributed by atoms with Crippen molar-refractivity contribution in [3.8, 4) is 0 Å². The third-order valence-corrected chi connectivity index (χ3v) is 4.80. The molecule has 0 heterocycles. The Balaban J connectivity index is 2.18. The first-order chi connectivity index (χ1) is 13.8. The quantitative estimate of drug-likeness (QED) is 0.622. The summed E-state index contributed by atoms with van der Waals surface area (Å²) in [5.41, 5.74) is 1.50. The smallest absolute Gasteiger partial charge is 0.328 e. The van der Waals surface area contributed by atoms with Crippen LogP contribution in [0.15, 0.2) is 48.5 Å². The van der Waals surface area contributed by atoms with Crippen molar-refractivity contribution >= 4 is 41.0 Å². The molecule has 0 radical (unpaired) electrons. The summed E-state index contributed by atoms with van der Waals surface area (Å²) >= 11 is 12.1. The Labute approximate surface area is 179 Å². The third-order valence-electron chi connectivity index (χ3n) is 4.22. The molecule has 0 bridgehead atoms. The van der Waals surface area contributed by atoms with Crippen LogP contribution in [0.1, 0.15) is 18.1 Å². The number of nitrogens with one attached hydrogen (secondary N) is 2. The van der Waals surface area contributed by atoms with E-state index >= 15 is 0 Å². The molecule has 2 rings (SSSR count). The van der Waals surface area contributed by atoms with Crippen LogP contribution in [0, 0.1) is 0 Å². The highest BCUT2D eigenvalue weighted by molar-refractivity contribution is 6.35. The Morgan fingerprint density at radius 1 is 0.966 bits per heavy atom. The number of rotatable bonds is 8. The zero-order chi connectivity index (χ0) is 21.4. The number of esters is 1. The van der Waals surface area contributed by atoms with Gasteiger partial charge < -0.3 is 15.4 Å². The van der Waals surface area contributed by atoms with Crippen LogP contribution >= 0.6 is 23.2 Å². The molecule has 2 atom stereocenters. The van der Waals surface area contributed by atoms with Gasteiger partial charge in [-0.25, -0.2) is 4.79 Å². The van der Waals surface area contributed by atoms with Gasteiger partial charge in [-0.2, -0.15) is 0 Å². The SMILES string of the molecule is COC(=O)[C@H](Cc1ccc(Cl)cc1Cl)NC(=O)[C@@H](Cc1ccccc1)NC(C)=O. The predicted octanol–water partition coefficient (Wildman–Crippen LogP) is 2.94. The normalized spacial score (nSPS) is 12.6. The average Bonchev–Trinajstić information content (AvgIpc) is 2.68. The number of amides is 2. The van der Waals surface area contributed by atoms with E-state index in [-0.39, 0.29) is 18.7 Å². The molecule has 0 aromatic heterocycles. The predicted molar refractivity (Wildman–Crippen MR) is 112 cm³/mol. The van der Waals surface area contributed by atoms with Gasteiger partial charge in [0.05, 0.1) is 7.11 Å². The van der Waals surface area contributed by atoms with Crippen molar-refractivity contribution in [3.05, 3.63) is 69.7 Å². The van der Waals surface area contributed by atoms with Crippen LogP contribution in [0.5, 0.6) is 0 Å². The first kappa shape index (κ1) is 22.7. The average molecular weight is 437 g/mol. The van der Waals surface area contributed by atoms with Gasteiger partial charge in [0, 0.05) is 29.8 Å². The monoisotopic (exact) mass is 436 g/mol.